The van der Waals surface area contributed by atoms with Gasteiger partial charge in [0.05, 0.1) is 20.5 Å². The van der Waals surface area contributed by atoms with Gasteiger partial charge in [-0.15, -0.1) is 0 Å². The number of amides is 1. The first-order chi connectivity index (χ1) is 9.20. The molecule has 3 N–H and O–H groups in total. The summed E-state index contributed by atoms with van der Waals surface area (Å²) in [6.45, 7) is 3.87. The Labute approximate surface area is 128 Å². The Morgan fingerprint density at radius 1 is 1.30 bits per heavy atom. The minimum absolute atomic E-state index is 0.00234. The van der Waals surface area contributed by atoms with E-state index in [2.05, 4.69) is 5.32 Å². The van der Waals surface area contributed by atoms with Crippen molar-refractivity contribution in [2.45, 2.75) is 37.6 Å². The van der Waals surface area contributed by atoms with E-state index in [-0.39, 0.29) is 26.5 Å². The molecule has 1 aromatic rings. The summed E-state index contributed by atoms with van der Waals surface area (Å²) in [5.41, 5.74) is -0.00454. The second kappa shape index (κ2) is 6.76. The Morgan fingerprint density at radius 3 is 2.30 bits per heavy atom. The molecule has 1 rings (SSSR count). The predicted octanol–water partition coefficient (Wildman–Crippen LogP) is 2.56. The Morgan fingerprint density at radius 2 is 1.85 bits per heavy atom. The highest BCUT2D eigenvalue weighted by atomic mass is 35.5. The van der Waals surface area contributed by atoms with E-state index in [1.54, 1.807) is 0 Å². The molecule has 1 aromatic carbocycles. The molecule has 1 amide bonds. The van der Waals surface area contributed by atoms with Crippen molar-refractivity contribution in [3.8, 4) is 0 Å². The standard InChI is InChI=1S/C12H16Cl2N2O3S/c1-3-7(4-2)16-12(17)9-5-8(20(15,18)19)6-10(13)11(9)14/h5-7H,3-4H2,1-2H3,(H,16,17)(H2,15,18,19). The van der Waals surface area contributed by atoms with Crippen molar-refractivity contribution < 1.29 is 13.2 Å². The maximum Gasteiger partial charge on any atom is 0.253 e. The minimum atomic E-state index is -3.96. The van der Waals surface area contributed by atoms with Crippen molar-refractivity contribution in [1.29, 1.82) is 0 Å². The first-order valence-corrected chi connectivity index (χ1v) is 8.33. The van der Waals surface area contributed by atoms with E-state index < -0.39 is 15.9 Å². The lowest BCUT2D eigenvalue weighted by atomic mass is 10.1. The van der Waals surface area contributed by atoms with E-state index in [4.69, 9.17) is 28.3 Å². The summed E-state index contributed by atoms with van der Waals surface area (Å²) < 4.78 is 22.7. The molecule has 8 heteroatoms. The molecule has 0 saturated heterocycles. The van der Waals surface area contributed by atoms with E-state index in [0.29, 0.717) is 0 Å². The summed E-state index contributed by atoms with van der Waals surface area (Å²) in [6, 6.07) is 2.23. The number of nitrogens with two attached hydrogens (primary N) is 1. The first-order valence-electron chi connectivity index (χ1n) is 6.03. The number of carbonyl (C=O) groups is 1. The van der Waals surface area contributed by atoms with Crippen LogP contribution in [0, 0.1) is 0 Å². The van der Waals surface area contributed by atoms with Crippen LogP contribution in [-0.4, -0.2) is 20.4 Å². The van der Waals surface area contributed by atoms with Gasteiger partial charge in [-0.3, -0.25) is 4.79 Å². The van der Waals surface area contributed by atoms with Crippen LogP contribution in [0.15, 0.2) is 17.0 Å². The van der Waals surface area contributed by atoms with Crippen molar-refractivity contribution in [3.05, 3.63) is 27.7 Å². The summed E-state index contributed by atoms with van der Waals surface area (Å²) in [5.74, 6) is -0.476. The molecule has 0 saturated carbocycles. The Hall–Kier alpha value is -0.820. The monoisotopic (exact) mass is 338 g/mol. The topological polar surface area (TPSA) is 89.3 Å². The molecule has 0 aliphatic carbocycles. The maximum atomic E-state index is 12.1. The number of primary sulfonamides is 1. The summed E-state index contributed by atoms with van der Waals surface area (Å²) in [5, 5.41) is 7.77. The average Bonchev–Trinajstić information content (AvgIpc) is 2.37. The molecule has 5 nitrogen and oxygen atoms in total. The molecule has 0 spiro atoms. The molecule has 20 heavy (non-hydrogen) atoms. The van der Waals surface area contributed by atoms with Crippen molar-refractivity contribution >= 4 is 39.1 Å². The molecule has 0 fully saturated rings. The fraction of sp³-hybridized carbons (Fsp3) is 0.417. The van der Waals surface area contributed by atoms with E-state index in [1.807, 2.05) is 13.8 Å². The average molecular weight is 339 g/mol. The zero-order valence-corrected chi connectivity index (χ0v) is 13.4. The van der Waals surface area contributed by atoms with Gasteiger partial charge in [-0.05, 0) is 25.0 Å². The highest BCUT2D eigenvalue weighted by molar-refractivity contribution is 7.89. The summed E-state index contributed by atoms with van der Waals surface area (Å²) in [7, 11) is -3.96. The molecular weight excluding hydrogens is 323 g/mol. The van der Waals surface area contributed by atoms with E-state index in [0.717, 1.165) is 25.0 Å². The number of hydrogen-bond acceptors (Lipinski definition) is 3. The van der Waals surface area contributed by atoms with Crippen LogP contribution in [0.2, 0.25) is 10.0 Å². The Balaban J connectivity index is 3.24. The molecule has 0 atom stereocenters. The number of hydrogen-bond donors (Lipinski definition) is 2. The number of rotatable bonds is 5. The van der Waals surface area contributed by atoms with Crippen molar-refractivity contribution in [3.63, 3.8) is 0 Å². The Bertz CT molecular complexity index is 613. The van der Waals surface area contributed by atoms with Gasteiger partial charge in [0.25, 0.3) is 5.91 Å². The molecule has 0 aliphatic heterocycles. The third kappa shape index (κ3) is 4.09. The zero-order chi connectivity index (χ0) is 15.5. The number of sulfonamides is 1. The van der Waals surface area contributed by atoms with Crippen LogP contribution in [0.3, 0.4) is 0 Å². The smallest absolute Gasteiger partial charge is 0.253 e. The van der Waals surface area contributed by atoms with Crippen molar-refractivity contribution in [2.75, 3.05) is 0 Å². The van der Waals surface area contributed by atoms with Gasteiger partial charge < -0.3 is 5.32 Å². The minimum Gasteiger partial charge on any atom is -0.349 e. The van der Waals surface area contributed by atoms with Gasteiger partial charge in [0, 0.05) is 6.04 Å². The largest absolute Gasteiger partial charge is 0.349 e. The number of benzene rings is 1. The van der Waals surface area contributed by atoms with Crippen LogP contribution in [0.25, 0.3) is 0 Å². The molecular formula is C12H16Cl2N2O3S. The SMILES string of the molecule is CCC(CC)NC(=O)c1cc(S(N)(=O)=O)cc(Cl)c1Cl. The van der Waals surface area contributed by atoms with E-state index >= 15 is 0 Å². The molecule has 0 unspecified atom stereocenters. The second-order valence-corrected chi connectivity index (χ2v) is 6.65. The van der Waals surface area contributed by atoms with Crippen molar-refractivity contribution in [1.82, 2.24) is 5.32 Å². The van der Waals surface area contributed by atoms with Crippen LogP contribution in [0.5, 0.6) is 0 Å². The number of carbonyl (C=O) groups excluding carboxylic acids is 1. The highest BCUT2D eigenvalue weighted by Gasteiger charge is 2.20. The van der Waals surface area contributed by atoms with E-state index in [1.165, 1.54) is 0 Å². The van der Waals surface area contributed by atoms with Gasteiger partial charge in [0.15, 0.2) is 0 Å². The third-order valence-corrected chi connectivity index (χ3v) is 4.59. The lowest BCUT2D eigenvalue weighted by Gasteiger charge is -2.16. The second-order valence-electron chi connectivity index (χ2n) is 4.30. The lowest BCUT2D eigenvalue weighted by Crippen LogP contribution is -2.34. The van der Waals surface area contributed by atoms with Crippen LogP contribution in [0.4, 0.5) is 0 Å². The number of nitrogens with one attached hydrogen (secondary N) is 1. The molecule has 0 radical (unpaired) electrons. The summed E-state index contributed by atoms with van der Waals surface area (Å²) >= 11 is 11.8. The van der Waals surface area contributed by atoms with Gasteiger partial charge in [0.1, 0.15) is 0 Å². The Kier molecular flexibility index (Phi) is 5.82. The van der Waals surface area contributed by atoms with Gasteiger partial charge >= 0.3 is 0 Å². The molecule has 112 valence electrons. The molecule has 0 heterocycles. The van der Waals surface area contributed by atoms with Gasteiger partial charge in [-0.25, -0.2) is 13.6 Å². The van der Waals surface area contributed by atoms with Gasteiger partial charge in [0.2, 0.25) is 10.0 Å². The lowest BCUT2D eigenvalue weighted by molar-refractivity contribution is 0.0935. The van der Waals surface area contributed by atoms with Crippen LogP contribution in [-0.2, 0) is 10.0 Å². The molecule has 0 aliphatic rings. The van der Waals surface area contributed by atoms with Crippen LogP contribution >= 0.6 is 23.2 Å². The predicted molar refractivity (Wildman–Crippen MR) is 79.7 cm³/mol. The quantitative estimate of drug-likeness (QED) is 0.864. The normalized spacial score (nSPS) is 11.7. The van der Waals surface area contributed by atoms with Gasteiger partial charge in [-0.2, -0.15) is 0 Å². The molecule has 0 aromatic heterocycles. The summed E-state index contributed by atoms with van der Waals surface area (Å²) in [4.78, 5) is 11.9. The fourth-order valence-electron chi connectivity index (χ4n) is 1.65. The maximum absolute atomic E-state index is 12.1. The van der Waals surface area contributed by atoms with Crippen LogP contribution < -0.4 is 10.5 Å². The highest BCUT2D eigenvalue weighted by Crippen LogP contribution is 2.29. The van der Waals surface area contributed by atoms with Crippen molar-refractivity contribution in [2.24, 2.45) is 5.14 Å². The fourth-order valence-corrected chi connectivity index (χ4v) is 2.69. The van der Waals surface area contributed by atoms with Gasteiger partial charge in [-0.1, -0.05) is 37.0 Å². The first kappa shape index (κ1) is 17.2. The zero-order valence-electron chi connectivity index (χ0n) is 11.1. The van der Waals surface area contributed by atoms with Crippen LogP contribution in [0.1, 0.15) is 37.0 Å². The summed E-state index contributed by atoms with van der Waals surface area (Å²) in [6.07, 6.45) is 1.50. The third-order valence-electron chi connectivity index (χ3n) is 2.90. The molecule has 0 bridgehead atoms. The van der Waals surface area contributed by atoms with E-state index in [9.17, 15) is 13.2 Å². The number of halogens is 2.